The number of hydrogen-bond donors (Lipinski definition) is 0. The monoisotopic (exact) mass is 417 g/mol. The molecule has 1 aromatic heterocycles. The Morgan fingerprint density at radius 1 is 1.07 bits per heavy atom. The summed E-state index contributed by atoms with van der Waals surface area (Å²) in [7, 11) is -2.05. The summed E-state index contributed by atoms with van der Waals surface area (Å²) in [5.41, 5.74) is 3.22. The highest BCUT2D eigenvalue weighted by Crippen LogP contribution is 2.23. The van der Waals surface area contributed by atoms with E-state index in [1.807, 2.05) is 12.1 Å². The van der Waals surface area contributed by atoms with Crippen LogP contribution in [0.15, 0.2) is 52.9 Å². The number of ether oxygens (including phenoxy) is 1. The first-order valence-electron chi connectivity index (χ1n) is 8.76. The summed E-state index contributed by atoms with van der Waals surface area (Å²) in [6.45, 7) is 1.25. The molecule has 2 aromatic carbocycles. The molecule has 1 amide bonds. The van der Waals surface area contributed by atoms with Gasteiger partial charge in [0.2, 0.25) is 10.0 Å². The number of benzene rings is 2. The van der Waals surface area contributed by atoms with Crippen LogP contribution in [-0.2, 0) is 10.0 Å². The fourth-order valence-corrected chi connectivity index (χ4v) is 5.34. The van der Waals surface area contributed by atoms with Crippen LogP contribution in [0.2, 0.25) is 0 Å². The van der Waals surface area contributed by atoms with E-state index in [0.29, 0.717) is 24.4 Å². The lowest BCUT2D eigenvalue weighted by atomic mass is 10.2. The summed E-state index contributed by atoms with van der Waals surface area (Å²) in [4.78, 5) is 18.9. The van der Waals surface area contributed by atoms with Crippen LogP contribution >= 0.6 is 11.3 Å². The lowest BCUT2D eigenvalue weighted by Gasteiger charge is -2.34. The van der Waals surface area contributed by atoms with Gasteiger partial charge >= 0.3 is 0 Å². The Balaban J connectivity index is 1.45. The van der Waals surface area contributed by atoms with Crippen LogP contribution in [0.5, 0.6) is 5.75 Å². The van der Waals surface area contributed by atoms with E-state index < -0.39 is 10.0 Å². The summed E-state index contributed by atoms with van der Waals surface area (Å²) in [6, 6.07) is 11.8. The molecule has 9 heteroatoms. The Labute approximate surface area is 167 Å². The highest BCUT2D eigenvalue weighted by atomic mass is 32.2. The zero-order valence-corrected chi connectivity index (χ0v) is 16.9. The SMILES string of the molecule is COc1ccc(S(=O)(=O)N2CCN(C(=O)c3ccc4ncsc4c3)CC2)cc1. The molecule has 7 nitrogen and oxygen atoms in total. The van der Waals surface area contributed by atoms with E-state index in [4.69, 9.17) is 4.74 Å². The number of thiazole rings is 1. The van der Waals surface area contributed by atoms with Crippen LogP contribution < -0.4 is 4.74 Å². The fraction of sp³-hybridized carbons (Fsp3) is 0.263. The van der Waals surface area contributed by atoms with Gasteiger partial charge in [-0.1, -0.05) is 0 Å². The number of sulfonamides is 1. The van der Waals surface area contributed by atoms with E-state index in [1.54, 1.807) is 28.6 Å². The van der Waals surface area contributed by atoms with Gasteiger partial charge in [-0.2, -0.15) is 4.31 Å². The number of amides is 1. The molecule has 1 aliphatic rings. The number of nitrogens with zero attached hydrogens (tertiary/aromatic N) is 3. The molecule has 28 heavy (non-hydrogen) atoms. The van der Waals surface area contributed by atoms with Gasteiger partial charge in [-0.3, -0.25) is 4.79 Å². The minimum absolute atomic E-state index is 0.0863. The van der Waals surface area contributed by atoms with Gasteiger partial charge in [-0.25, -0.2) is 13.4 Å². The maximum Gasteiger partial charge on any atom is 0.253 e. The number of hydrogen-bond acceptors (Lipinski definition) is 6. The molecule has 0 aliphatic carbocycles. The van der Waals surface area contributed by atoms with Gasteiger partial charge < -0.3 is 9.64 Å². The normalized spacial score (nSPS) is 15.7. The first-order chi connectivity index (χ1) is 13.5. The van der Waals surface area contributed by atoms with Crippen molar-refractivity contribution in [2.24, 2.45) is 0 Å². The van der Waals surface area contributed by atoms with Crippen molar-refractivity contribution in [2.75, 3.05) is 33.3 Å². The van der Waals surface area contributed by atoms with Crippen molar-refractivity contribution in [1.29, 1.82) is 0 Å². The van der Waals surface area contributed by atoms with Crippen molar-refractivity contribution >= 4 is 37.5 Å². The first kappa shape index (κ1) is 18.9. The van der Waals surface area contributed by atoms with Crippen molar-refractivity contribution in [3.05, 3.63) is 53.5 Å². The van der Waals surface area contributed by atoms with Gasteiger partial charge in [-0.15, -0.1) is 11.3 Å². The Kier molecular flexibility index (Phi) is 5.05. The largest absolute Gasteiger partial charge is 0.497 e. The summed E-state index contributed by atoms with van der Waals surface area (Å²) >= 11 is 1.49. The summed E-state index contributed by atoms with van der Waals surface area (Å²) in [5.74, 6) is 0.518. The molecule has 0 unspecified atom stereocenters. The average Bonchev–Trinajstić information content (AvgIpc) is 3.21. The molecule has 1 aliphatic heterocycles. The van der Waals surface area contributed by atoms with Crippen molar-refractivity contribution in [3.63, 3.8) is 0 Å². The number of fused-ring (bicyclic) bond motifs is 1. The summed E-state index contributed by atoms with van der Waals surface area (Å²) in [5, 5.41) is 0. The third-order valence-corrected chi connectivity index (χ3v) is 7.51. The highest BCUT2D eigenvalue weighted by Gasteiger charge is 2.30. The number of aromatic nitrogens is 1. The van der Waals surface area contributed by atoms with E-state index in [9.17, 15) is 13.2 Å². The summed E-state index contributed by atoms with van der Waals surface area (Å²) < 4.78 is 33.1. The molecule has 0 atom stereocenters. The van der Waals surface area contributed by atoms with E-state index >= 15 is 0 Å². The van der Waals surface area contributed by atoms with Crippen LogP contribution in [0.4, 0.5) is 0 Å². The lowest BCUT2D eigenvalue weighted by Crippen LogP contribution is -2.50. The maximum absolute atomic E-state index is 12.8. The fourth-order valence-electron chi connectivity index (χ4n) is 3.20. The molecule has 3 aromatic rings. The van der Waals surface area contributed by atoms with Gasteiger partial charge in [-0.05, 0) is 42.5 Å². The Morgan fingerprint density at radius 2 is 1.79 bits per heavy atom. The Morgan fingerprint density at radius 3 is 2.46 bits per heavy atom. The van der Waals surface area contributed by atoms with Gasteiger partial charge in [0.15, 0.2) is 0 Å². The maximum atomic E-state index is 12.8. The van der Waals surface area contributed by atoms with Crippen LogP contribution in [0.3, 0.4) is 0 Å². The molecular formula is C19H19N3O4S2. The first-order valence-corrected chi connectivity index (χ1v) is 11.1. The Bertz CT molecular complexity index is 1100. The molecule has 0 radical (unpaired) electrons. The molecule has 1 fully saturated rings. The molecule has 1 saturated heterocycles. The zero-order valence-electron chi connectivity index (χ0n) is 15.2. The molecule has 0 spiro atoms. The van der Waals surface area contributed by atoms with E-state index in [2.05, 4.69) is 4.98 Å². The van der Waals surface area contributed by atoms with Crippen molar-refractivity contribution < 1.29 is 17.9 Å². The van der Waals surface area contributed by atoms with E-state index in [-0.39, 0.29) is 23.9 Å². The average molecular weight is 418 g/mol. The zero-order chi connectivity index (χ0) is 19.7. The second-order valence-electron chi connectivity index (χ2n) is 6.41. The van der Waals surface area contributed by atoms with Crippen LogP contribution in [0.25, 0.3) is 10.2 Å². The molecule has 4 rings (SSSR count). The summed E-state index contributed by atoms with van der Waals surface area (Å²) in [6.07, 6.45) is 0. The van der Waals surface area contributed by atoms with Gasteiger partial charge in [0.1, 0.15) is 5.75 Å². The molecule has 146 valence electrons. The molecule has 0 bridgehead atoms. The minimum Gasteiger partial charge on any atom is -0.497 e. The van der Waals surface area contributed by atoms with Gasteiger partial charge in [0.05, 0.1) is 27.7 Å². The molecular weight excluding hydrogens is 398 g/mol. The third-order valence-electron chi connectivity index (χ3n) is 4.80. The number of carbonyl (C=O) groups excluding carboxylic acids is 1. The second kappa shape index (κ2) is 7.50. The van der Waals surface area contributed by atoms with Crippen molar-refractivity contribution in [3.8, 4) is 5.75 Å². The molecule has 0 N–H and O–H groups in total. The standard InChI is InChI=1S/C19H19N3O4S2/c1-26-15-3-5-16(6-4-15)28(24,25)22-10-8-21(9-11-22)19(23)14-2-7-17-18(12-14)27-13-20-17/h2-7,12-13H,8-11H2,1H3. The Hall–Kier alpha value is -2.49. The van der Waals surface area contributed by atoms with Crippen molar-refractivity contribution in [2.45, 2.75) is 4.90 Å². The predicted molar refractivity (Wildman–Crippen MR) is 107 cm³/mol. The van der Waals surface area contributed by atoms with Gasteiger partial charge in [0, 0.05) is 31.7 Å². The van der Waals surface area contributed by atoms with Crippen LogP contribution in [-0.4, -0.2) is 61.8 Å². The van der Waals surface area contributed by atoms with Crippen LogP contribution in [0, 0.1) is 0 Å². The van der Waals surface area contributed by atoms with Crippen molar-refractivity contribution in [1.82, 2.24) is 14.2 Å². The topological polar surface area (TPSA) is 79.8 Å². The third kappa shape index (κ3) is 3.48. The number of rotatable bonds is 4. The van der Waals surface area contributed by atoms with E-state index in [0.717, 1.165) is 10.2 Å². The number of methoxy groups -OCH3 is 1. The smallest absolute Gasteiger partial charge is 0.253 e. The molecule has 0 saturated carbocycles. The number of piperazine rings is 1. The quantitative estimate of drug-likeness (QED) is 0.652. The number of carbonyl (C=O) groups is 1. The molecule has 2 heterocycles. The van der Waals surface area contributed by atoms with Crippen LogP contribution in [0.1, 0.15) is 10.4 Å². The second-order valence-corrected chi connectivity index (χ2v) is 9.23. The highest BCUT2D eigenvalue weighted by molar-refractivity contribution is 7.89. The predicted octanol–water partition coefficient (Wildman–Crippen LogP) is 2.45. The van der Waals surface area contributed by atoms with E-state index in [1.165, 1.54) is 34.9 Å². The lowest BCUT2D eigenvalue weighted by molar-refractivity contribution is 0.0698. The minimum atomic E-state index is -3.59. The van der Waals surface area contributed by atoms with Gasteiger partial charge in [0.25, 0.3) is 5.91 Å².